The zero-order chi connectivity index (χ0) is 28.9. The number of hydrogen-bond acceptors (Lipinski definition) is 5. The van der Waals surface area contributed by atoms with Gasteiger partial charge in [0, 0.05) is 19.5 Å². The number of ether oxygens (including phenoxy) is 2. The normalized spacial score (nSPS) is 10.6. The SMILES string of the molecule is C=C(COC(=O)NCCCCCCCCCCCCCCCCCC)COC(=O)NCCCCC[n+]1ccsc1.[Br-]. The first-order valence-corrected chi connectivity index (χ1v) is 16.9. The second-order valence-corrected chi connectivity index (χ2v) is 11.6. The predicted molar refractivity (Wildman–Crippen MR) is 166 cm³/mol. The van der Waals surface area contributed by atoms with E-state index in [0.717, 1.165) is 38.6 Å². The Morgan fingerprint density at radius 2 is 1.10 bits per heavy atom. The molecule has 0 aliphatic carbocycles. The van der Waals surface area contributed by atoms with E-state index >= 15 is 0 Å². The molecule has 0 atom stereocenters. The van der Waals surface area contributed by atoms with Crippen molar-refractivity contribution in [1.29, 1.82) is 0 Å². The largest absolute Gasteiger partial charge is 1.00 e. The van der Waals surface area contributed by atoms with Crippen LogP contribution in [0.1, 0.15) is 129 Å². The Hall–Kier alpha value is -1.61. The molecule has 0 radical (unpaired) electrons. The maximum Gasteiger partial charge on any atom is 0.407 e. The molecule has 2 amide bonds. The maximum atomic E-state index is 11.9. The van der Waals surface area contributed by atoms with E-state index in [9.17, 15) is 9.59 Å². The quantitative estimate of drug-likeness (QED) is 0.0745. The molecule has 0 aromatic carbocycles. The van der Waals surface area contributed by atoms with Crippen molar-refractivity contribution < 1.29 is 40.6 Å². The molecule has 0 aliphatic heterocycles. The average Bonchev–Trinajstić information content (AvgIpc) is 3.48. The van der Waals surface area contributed by atoms with Crippen molar-refractivity contribution in [2.45, 2.75) is 135 Å². The highest BCUT2D eigenvalue weighted by Gasteiger charge is 2.07. The highest BCUT2D eigenvalue weighted by Crippen LogP contribution is 2.13. The molecule has 2 N–H and O–H groups in total. The van der Waals surface area contributed by atoms with Crippen molar-refractivity contribution in [2.75, 3.05) is 26.3 Å². The summed E-state index contributed by atoms with van der Waals surface area (Å²) in [5.41, 5.74) is 2.64. The summed E-state index contributed by atoms with van der Waals surface area (Å²) in [6.45, 7) is 8.37. The number of aryl methyl sites for hydroxylation is 1. The van der Waals surface area contributed by atoms with Crippen LogP contribution in [-0.2, 0) is 16.0 Å². The Morgan fingerprint density at radius 1 is 0.683 bits per heavy atom. The first-order chi connectivity index (χ1) is 19.6. The van der Waals surface area contributed by atoms with Crippen LogP contribution in [0.3, 0.4) is 0 Å². The Morgan fingerprint density at radius 3 is 1.51 bits per heavy atom. The standard InChI is InChI=1S/C32H57N3O4S.BrH/c1-3-4-5-6-7-8-9-10-11-12-13-14-15-16-17-19-22-33-31(36)38-27-30(2)28-39-32(37)34-23-20-18-21-24-35-25-26-40-29-35;/h25-26,29H,2-24,27-28H2,1H3,(H-,33,34,36,37);1H. The van der Waals surface area contributed by atoms with Crippen LogP contribution in [0, 0.1) is 0 Å². The Labute approximate surface area is 265 Å². The summed E-state index contributed by atoms with van der Waals surface area (Å²) in [5.74, 6) is 0. The zero-order valence-electron chi connectivity index (χ0n) is 25.8. The molecule has 0 spiro atoms. The summed E-state index contributed by atoms with van der Waals surface area (Å²) in [5, 5.41) is 7.59. The van der Waals surface area contributed by atoms with Crippen LogP contribution in [0.4, 0.5) is 9.59 Å². The molecule has 0 bridgehead atoms. The van der Waals surface area contributed by atoms with Crippen LogP contribution in [0.25, 0.3) is 0 Å². The van der Waals surface area contributed by atoms with Crippen molar-refractivity contribution in [2.24, 2.45) is 0 Å². The van der Waals surface area contributed by atoms with Gasteiger partial charge in [0.2, 0.25) is 5.51 Å². The van der Waals surface area contributed by atoms with Crippen LogP contribution in [-0.4, -0.2) is 38.5 Å². The maximum absolute atomic E-state index is 11.9. The molecule has 1 rings (SSSR count). The van der Waals surface area contributed by atoms with Gasteiger partial charge in [-0.2, -0.15) is 4.57 Å². The number of unbranched alkanes of at least 4 members (excludes halogenated alkanes) is 17. The van der Waals surface area contributed by atoms with Crippen molar-refractivity contribution in [3.05, 3.63) is 29.2 Å². The zero-order valence-corrected chi connectivity index (χ0v) is 28.2. The molecular formula is C32H58BrN3O4S. The van der Waals surface area contributed by atoms with Crippen LogP contribution in [0.5, 0.6) is 0 Å². The monoisotopic (exact) mass is 659 g/mol. The molecule has 1 aromatic heterocycles. The van der Waals surface area contributed by atoms with E-state index in [1.807, 2.05) is 0 Å². The summed E-state index contributed by atoms with van der Waals surface area (Å²) in [7, 11) is 0. The van der Waals surface area contributed by atoms with E-state index in [1.165, 1.54) is 89.9 Å². The van der Waals surface area contributed by atoms with Crippen molar-refractivity contribution in [3.63, 3.8) is 0 Å². The fourth-order valence-electron chi connectivity index (χ4n) is 4.52. The van der Waals surface area contributed by atoms with Gasteiger partial charge in [-0.25, -0.2) is 9.59 Å². The highest BCUT2D eigenvalue weighted by atomic mass is 79.9. The van der Waals surface area contributed by atoms with Gasteiger partial charge in [-0.15, -0.1) is 0 Å². The van der Waals surface area contributed by atoms with E-state index in [-0.39, 0.29) is 30.2 Å². The third-order valence-corrected chi connectivity index (χ3v) is 7.68. The van der Waals surface area contributed by atoms with Gasteiger partial charge in [0.05, 0.1) is 5.38 Å². The summed E-state index contributed by atoms with van der Waals surface area (Å²) in [6.07, 6.45) is 25.4. The third-order valence-electron chi connectivity index (χ3n) is 7.00. The van der Waals surface area contributed by atoms with E-state index in [2.05, 4.69) is 45.8 Å². The minimum absolute atomic E-state index is 0. The highest BCUT2D eigenvalue weighted by molar-refractivity contribution is 7.07. The predicted octanol–water partition coefficient (Wildman–Crippen LogP) is 5.48. The van der Waals surface area contributed by atoms with Crippen molar-refractivity contribution in [1.82, 2.24) is 10.6 Å². The van der Waals surface area contributed by atoms with Gasteiger partial charge in [0.25, 0.3) is 0 Å². The van der Waals surface area contributed by atoms with E-state index in [0.29, 0.717) is 18.7 Å². The van der Waals surface area contributed by atoms with Gasteiger partial charge < -0.3 is 37.1 Å². The lowest BCUT2D eigenvalue weighted by Gasteiger charge is -2.10. The van der Waals surface area contributed by atoms with Gasteiger partial charge in [-0.3, -0.25) is 0 Å². The summed E-state index contributed by atoms with van der Waals surface area (Å²) >= 11 is 1.69. The fourth-order valence-corrected chi connectivity index (χ4v) is 5.15. The smallest absolute Gasteiger partial charge is 0.407 e. The lowest BCUT2D eigenvalue weighted by atomic mass is 10.0. The van der Waals surface area contributed by atoms with Crippen LogP contribution in [0.2, 0.25) is 0 Å². The third kappa shape index (κ3) is 27.0. The summed E-state index contributed by atoms with van der Waals surface area (Å²) in [6, 6.07) is 0. The Balaban J connectivity index is 0.0000160. The molecule has 0 saturated carbocycles. The number of nitrogens with one attached hydrogen (secondary N) is 2. The number of carbonyl (C=O) groups excluding carboxylic acids is 2. The number of alkyl carbamates (subject to hydrolysis) is 2. The van der Waals surface area contributed by atoms with Gasteiger partial charge >= 0.3 is 12.2 Å². The molecule has 7 nitrogen and oxygen atoms in total. The van der Waals surface area contributed by atoms with Crippen LogP contribution < -0.4 is 32.2 Å². The molecule has 9 heteroatoms. The number of halogens is 1. The summed E-state index contributed by atoms with van der Waals surface area (Å²) in [4.78, 5) is 23.6. The number of aromatic nitrogens is 1. The second-order valence-electron chi connectivity index (χ2n) is 10.9. The molecule has 0 unspecified atom stereocenters. The van der Waals surface area contributed by atoms with Crippen molar-refractivity contribution >= 4 is 23.5 Å². The first kappa shape index (κ1) is 39.4. The van der Waals surface area contributed by atoms with Crippen LogP contribution in [0.15, 0.2) is 29.2 Å². The molecular weight excluding hydrogens is 602 g/mol. The lowest BCUT2D eigenvalue weighted by Crippen LogP contribution is -3.00. The van der Waals surface area contributed by atoms with Gasteiger partial charge in [0.1, 0.15) is 19.8 Å². The van der Waals surface area contributed by atoms with Gasteiger partial charge in [-0.05, 0) is 24.8 Å². The van der Waals surface area contributed by atoms with E-state index < -0.39 is 12.2 Å². The molecule has 0 saturated heterocycles. The Bertz CT molecular complexity index is 749. The molecule has 0 fully saturated rings. The number of nitrogens with zero attached hydrogens (tertiary/aromatic N) is 1. The summed E-state index contributed by atoms with van der Waals surface area (Å²) < 4.78 is 12.5. The topological polar surface area (TPSA) is 80.5 Å². The molecule has 238 valence electrons. The van der Waals surface area contributed by atoms with Gasteiger partial charge in [0.15, 0.2) is 6.20 Å². The minimum Gasteiger partial charge on any atom is -1.00 e. The fraction of sp³-hybridized carbons (Fsp3) is 0.781. The number of hydrogen-bond donors (Lipinski definition) is 2. The first-order valence-electron chi connectivity index (χ1n) is 16.0. The molecule has 0 aliphatic rings. The average molecular weight is 661 g/mol. The minimum atomic E-state index is -0.471. The Kier molecular flexibility index (Phi) is 28.7. The van der Waals surface area contributed by atoms with E-state index in [1.54, 1.807) is 11.3 Å². The van der Waals surface area contributed by atoms with E-state index in [4.69, 9.17) is 9.47 Å². The number of rotatable bonds is 27. The lowest BCUT2D eigenvalue weighted by molar-refractivity contribution is -0.692. The van der Waals surface area contributed by atoms with Crippen LogP contribution >= 0.6 is 11.3 Å². The van der Waals surface area contributed by atoms with Gasteiger partial charge in [-0.1, -0.05) is 121 Å². The number of carbonyl (C=O) groups is 2. The molecule has 1 aromatic rings. The molecule has 1 heterocycles. The number of amides is 2. The second kappa shape index (κ2) is 29.9. The van der Waals surface area contributed by atoms with Crippen molar-refractivity contribution in [3.8, 4) is 0 Å². The number of thiazole rings is 1. The molecule has 41 heavy (non-hydrogen) atoms.